The summed E-state index contributed by atoms with van der Waals surface area (Å²) in [5, 5.41) is 0.739. The minimum atomic E-state index is 0. The first-order valence-electron chi connectivity index (χ1n) is 8.17. The molecule has 0 saturated heterocycles. The van der Waals surface area contributed by atoms with Crippen LogP contribution >= 0.6 is 24.0 Å². The van der Waals surface area contributed by atoms with Gasteiger partial charge in [0.1, 0.15) is 0 Å². The van der Waals surface area contributed by atoms with Gasteiger partial charge in [-0.3, -0.25) is 4.79 Å². The largest absolute Gasteiger partial charge is 0.342 e. The van der Waals surface area contributed by atoms with Gasteiger partial charge in [-0.05, 0) is 43.4 Å². The Bertz CT molecular complexity index is 506. The summed E-state index contributed by atoms with van der Waals surface area (Å²) in [5.41, 5.74) is 7.29. The zero-order valence-corrected chi connectivity index (χ0v) is 15.7. The van der Waals surface area contributed by atoms with E-state index in [0.29, 0.717) is 12.3 Å². The Labute approximate surface area is 151 Å². The van der Waals surface area contributed by atoms with E-state index in [-0.39, 0.29) is 36.3 Å². The van der Waals surface area contributed by atoms with Crippen molar-refractivity contribution in [2.24, 2.45) is 11.7 Å². The second kappa shape index (κ2) is 8.91. The number of halogens is 2. The van der Waals surface area contributed by atoms with Crippen LogP contribution in [-0.2, 0) is 4.79 Å². The molecule has 1 fully saturated rings. The first-order valence-corrected chi connectivity index (χ1v) is 8.54. The molecule has 130 valence electrons. The van der Waals surface area contributed by atoms with Gasteiger partial charge in [0.15, 0.2) is 0 Å². The molecule has 1 aliphatic rings. The third-order valence-electron chi connectivity index (χ3n) is 5.28. The third kappa shape index (κ3) is 5.10. The lowest BCUT2D eigenvalue weighted by molar-refractivity contribution is -0.133. The summed E-state index contributed by atoms with van der Waals surface area (Å²) in [5.74, 6) is 0.826. The highest BCUT2D eigenvalue weighted by molar-refractivity contribution is 6.30. The molecule has 1 saturated carbocycles. The van der Waals surface area contributed by atoms with Crippen molar-refractivity contribution in [1.29, 1.82) is 0 Å². The molecule has 0 aromatic heterocycles. The van der Waals surface area contributed by atoms with Gasteiger partial charge in [0, 0.05) is 36.5 Å². The van der Waals surface area contributed by atoms with E-state index in [0.717, 1.165) is 24.3 Å². The molecule has 2 N–H and O–H groups in total. The molecule has 0 aliphatic heterocycles. The van der Waals surface area contributed by atoms with Crippen LogP contribution in [0.25, 0.3) is 0 Å². The van der Waals surface area contributed by atoms with Crippen LogP contribution in [0.2, 0.25) is 5.02 Å². The van der Waals surface area contributed by atoms with Gasteiger partial charge in [-0.15, -0.1) is 12.4 Å². The summed E-state index contributed by atoms with van der Waals surface area (Å²) >= 11 is 5.94. The van der Waals surface area contributed by atoms with Gasteiger partial charge < -0.3 is 10.6 Å². The number of nitrogens with zero attached hydrogens (tertiary/aromatic N) is 1. The molecule has 2 rings (SSSR count). The summed E-state index contributed by atoms with van der Waals surface area (Å²) in [4.78, 5) is 14.4. The Morgan fingerprint density at radius 2 is 1.91 bits per heavy atom. The van der Waals surface area contributed by atoms with Gasteiger partial charge in [-0.1, -0.05) is 37.1 Å². The molecule has 1 amide bonds. The summed E-state index contributed by atoms with van der Waals surface area (Å²) in [6, 6.07) is 8.22. The maximum absolute atomic E-state index is 12.5. The Kier molecular flexibility index (Phi) is 7.85. The number of benzene rings is 1. The number of rotatable bonds is 5. The number of carbonyl (C=O) groups is 1. The molecule has 4 atom stereocenters. The molecule has 1 aromatic rings. The molecule has 23 heavy (non-hydrogen) atoms. The third-order valence-corrected chi connectivity index (χ3v) is 5.53. The number of amides is 1. The molecule has 5 heteroatoms. The zero-order chi connectivity index (χ0) is 16.3. The predicted octanol–water partition coefficient (Wildman–Crippen LogP) is 4.23. The van der Waals surface area contributed by atoms with Gasteiger partial charge in [0.2, 0.25) is 5.91 Å². The quantitative estimate of drug-likeness (QED) is 0.855. The van der Waals surface area contributed by atoms with Crippen LogP contribution in [0.15, 0.2) is 24.3 Å². The van der Waals surface area contributed by atoms with E-state index < -0.39 is 0 Å². The van der Waals surface area contributed by atoms with E-state index in [2.05, 4.69) is 13.8 Å². The predicted molar refractivity (Wildman–Crippen MR) is 99.3 cm³/mol. The maximum Gasteiger partial charge on any atom is 0.222 e. The van der Waals surface area contributed by atoms with Crippen molar-refractivity contribution in [2.45, 2.75) is 57.5 Å². The molecule has 1 aromatic carbocycles. The fourth-order valence-electron chi connectivity index (χ4n) is 3.29. The number of carbonyl (C=O) groups excluding carboxylic acids is 1. The maximum atomic E-state index is 12.5. The minimum Gasteiger partial charge on any atom is -0.342 e. The van der Waals surface area contributed by atoms with Crippen LogP contribution < -0.4 is 5.73 Å². The molecule has 0 bridgehead atoms. The van der Waals surface area contributed by atoms with Crippen LogP contribution in [0, 0.1) is 5.92 Å². The molecular formula is C18H28Cl2N2O. The minimum absolute atomic E-state index is 0. The van der Waals surface area contributed by atoms with Gasteiger partial charge in [0.05, 0.1) is 0 Å². The first kappa shape index (κ1) is 20.3. The van der Waals surface area contributed by atoms with Gasteiger partial charge in [-0.25, -0.2) is 0 Å². The van der Waals surface area contributed by atoms with Gasteiger partial charge in [-0.2, -0.15) is 0 Å². The highest BCUT2D eigenvalue weighted by atomic mass is 35.5. The second-order valence-corrected chi connectivity index (χ2v) is 7.08. The van der Waals surface area contributed by atoms with E-state index in [1.807, 2.05) is 36.2 Å². The molecule has 0 spiro atoms. The summed E-state index contributed by atoms with van der Waals surface area (Å²) in [6.07, 6.45) is 3.87. The lowest BCUT2D eigenvalue weighted by atomic mass is 9.92. The zero-order valence-electron chi connectivity index (χ0n) is 14.2. The number of nitrogens with two attached hydrogens (primary N) is 1. The van der Waals surface area contributed by atoms with E-state index in [4.69, 9.17) is 17.3 Å². The topological polar surface area (TPSA) is 46.3 Å². The molecule has 1 aliphatic carbocycles. The molecule has 0 radical (unpaired) electrons. The SMILES string of the molecule is CC(c1ccc(Cl)cc1)C(C)N(C)C(=O)C[C@@H]1CCC[C@H]1N.Cl. The van der Waals surface area contributed by atoms with E-state index in [9.17, 15) is 4.79 Å². The average Bonchev–Trinajstić information content (AvgIpc) is 2.91. The summed E-state index contributed by atoms with van der Waals surface area (Å²) in [7, 11) is 1.90. The number of hydrogen-bond acceptors (Lipinski definition) is 2. The normalized spacial score (nSPS) is 23.0. The molecular weight excluding hydrogens is 331 g/mol. The van der Waals surface area contributed by atoms with E-state index >= 15 is 0 Å². The lowest BCUT2D eigenvalue weighted by Gasteiger charge is -2.31. The van der Waals surface area contributed by atoms with E-state index in [1.54, 1.807) is 0 Å². The Morgan fingerprint density at radius 1 is 1.30 bits per heavy atom. The van der Waals surface area contributed by atoms with Crippen LogP contribution in [0.4, 0.5) is 0 Å². The van der Waals surface area contributed by atoms with Crippen molar-refractivity contribution in [1.82, 2.24) is 4.90 Å². The number of likely N-dealkylation sites (N-methyl/N-ethyl adjacent to an activating group) is 1. The van der Waals surface area contributed by atoms with Crippen molar-refractivity contribution in [2.75, 3.05) is 7.05 Å². The molecule has 0 heterocycles. The average molecular weight is 359 g/mol. The number of hydrogen-bond donors (Lipinski definition) is 1. The molecule has 2 unspecified atom stereocenters. The Hall–Kier alpha value is -0.770. The summed E-state index contributed by atoms with van der Waals surface area (Å²) < 4.78 is 0. The lowest BCUT2D eigenvalue weighted by Crippen LogP contribution is -2.40. The Morgan fingerprint density at radius 3 is 2.43 bits per heavy atom. The van der Waals surface area contributed by atoms with E-state index in [1.165, 1.54) is 5.56 Å². The highest BCUT2D eigenvalue weighted by Crippen LogP contribution is 2.29. The summed E-state index contributed by atoms with van der Waals surface area (Å²) in [6.45, 7) is 4.25. The van der Waals surface area contributed by atoms with Crippen LogP contribution in [0.5, 0.6) is 0 Å². The van der Waals surface area contributed by atoms with Gasteiger partial charge in [0.25, 0.3) is 0 Å². The van der Waals surface area contributed by atoms with Crippen molar-refractivity contribution >= 4 is 29.9 Å². The fraction of sp³-hybridized carbons (Fsp3) is 0.611. The van der Waals surface area contributed by atoms with Crippen molar-refractivity contribution in [3.8, 4) is 0 Å². The highest BCUT2D eigenvalue weighted by Gasteiger charge is 2.29. The van der Waals surface area contributed by atoms with Crippen LogP contribution in [0.1, 0.15) is 51.0 Å². The van der Waals surface area contributed by atoms with Crippen LogP contribution in [0.3, 0.4) is 0 Å². The van der Waals surface area contributed by atoms with Crippen molar-refractivity contribution in [3.05, 3.63) is 34.9 Å². The monoisotopic (exact) mass is 358 g/mol. The van der Waals surface area contributed by atoms with Gasteiger partial charge >= 0.3 is 0 Å². The second-order valence-electron chi connectivity index (χ2n) is 6.64. The fourth-order valence-corrected chi connectivity index (χ4v) is 3.42. The molecule has 3 nitrogen and oxygen atoms in total. The van der Waals surface area contributed by atoms with Crippen molar-refractivity contribution in [3.63, 3.8) is 0 Å². The van der Waals surface area contributed by atoms with Crippen LogP contribution in [-0.4, -0.2) is 29.9 Å². The first-order chi connectivity index (χ1) is 10.4. The standard InChI is InChI=1S/C18H27ClN2O.ClH/c1-12(14-7-9-16(19)10-8-14)13(2)21(3)18(22)11-15-5-4-6-17(15)20;/h7-10,12-13,15,17H,4-6,11,20H2,1-3H3;1H/t12?,13?,15-,17+;/m0./s1. The Balaban J connectivity index is 0.00000264. The van der Waals surface area contributed by atoms with Crippen molar-refractivity contribution < 1.29 is 4.79 Å². The smallest absolute Gasteiger partial charge is 0.222 e.